The molecule has 2 heterocycles. The van der Waals surface area contributed by atoms with Gasteiger partial charge in [0, 0.05) is 12.5 Å². The number of Topliss-reactive ketones (excluding diaryl/α,β-unsaturated/α-hetero) is 1. The molecule has 1 aliphatic heterocycles. The lowest BCUT2D eigenvalue weighted by Gasteiger charge is -2.10. The van der Waals surface area contributed by atoms with Crippen LogP contribution >= 0.6 is 11.3 Å². The number of aldehydes is 1. The van der Waals surface area contributed by atoms with Gasteiger partial charge < -0.3 is 4.74 Å². The van der Waals surface area contributed by atoms with Crippen molar-refractivity contribution >= 4 is 23.4 Å². The highest BCUT2D eigenvalue weighted by Gasteiger charge is 2.21. The molecule has 0 atom stereocenters. The van der Waals surface area contributed by atoms with E-state index in [-0.39, 0.29) is 5.78 Å². The molecule has 1 aromatic heterocycles. The molecule has 0 aromatic carbocycles. The molecule has 0 N–H and O–H groups in total. The Kier molecular flexibility index (Phi) is 1.69. The van der Waals surface area contributed by atoms with Crippen molar-refractivity contribution in [1.29, 1.82) is 0 Å². The Hall–Kier alpha value is -1.16. The van der Waals surface area contributed by atoms with Crippen molar-refractivity contribution in [3.8, 4) is 5.75 Å². The van der Waals surface area contributed by atoms with Gasteiger partial charge in [-0.15, -0.1) is 11.3 Å². The van der Waals surface area contributed by atoms with Gasteiger partial charge in [-0.2, -0.15) is 0 Å². The lowest BCUT2D eigenvalue weighted by Crippen LogP contribution is -2.12. The van der Waals surface area contributed by atoms with Crippen molar-refractivity contribution in [1.82, 2.24) is 0 Å². The zero-order valence-electron chi connectivity index (χ0n) is 6.20. The van der Waals surface area contributed by atoms with E-state index in [0.717, 1.165) is 6.29 Å². The van der Waals surface area contributed by atoms with Crippen LogP contribution in [-0.4, -0.2) is 18.7 Å². The first kappa shape index (κ1) is 7.49. The van der Waals surface area contributed by atoms with Gasteiger partial charge in [0.15, 0.2) is 12.1 Å². The number of hydrogen-bond acceptors (Lipinski definition) is 4. The Morgan fingerprint density at radius 3 is 3.08 bits per heavy atom. The average Bonchev–Trinajstić information content (AvgIpc) is 2.49. The molecule has 0 saturated carbocycles. The SMILES string of the molecule is O=Cc1cc2c(s1)C(=O)CCO2. The number of carbonyl (C=O) groups is 2. The van der Waals surface area contributed by atoms with Crippen molar-refractivity contribution < 1.29 is 14.3 Å². The Morgan fingerprint density at radius 2 is 2.42 bits per heavy atom. The van der Waals surface area contributed by atoms with Gasteiger partial charge >= 0.3 is 0 Å². The molecule has 0 fully saturated rings. The fourth-order valence-electron chi connectivity index (χ4n) is 1.12. The summed E-state index contributed by atoms with van der Waals surface area (Å²) in [5.74, 6) is 0.646. The first-order chi connectivity index (χ1) is 5.81. The van der Waals surface area contributed by atoms with Crippen molar-refractivity contribution in [3.05, 3.63) is 15.8 Å². The summed E-state index contributed by atoms with van der Waals surface area (Å²) >= 11 is 1.20. The number of rotatable bonds is 1. The first-order valence-electron chi connectivity index (χ1n) is 3.56. The van der Waals surface area contributed by atoms with Gasteiger partial charge in [0.25, 0.3) is 0 Å². The van der Waals surface area contributed by atoms with Gasteiger partial charge in [-0.3, -0.25) is 9.59 Å². The number of fused-ring (bicyclic) bond motifs is 1. The molecule has 12 heavy (non-hydrogen) atoms. The maximum absolute atomic E-state index is 11.2. The molecule has 0 spiro atoms. The van der Waals surface area contributed by atoms with Gasteiger partial charge in [0.2, 0.25) is 0 Å². The van der Waals surface area contributed by atoms with Gasteiger partial charge in [-0.25, -0.2) is 0 Å². The highest BCUT2D eigenvalue weighted by molar-refractivity contribution is 7.16. The maximum Gasteiger partial charge on any atom is 0.179 e. The molecule has 62 valence electrons. The second-order valence-electron chi connectivity index (χ2n) is 2.48. The van der Waals surface area contributed by atoms with Crippen LogP contribution in [0.5, 0.6) is 5.75 Å². The number of ether oxygens (including phenoxy) is 1. The molecular weight excluding hydrogens is 176 g/mol. The van der Waals surface area contributed by atoms with E-state index in [1.165, 1.54) is 11.3 Å². The summed E-state index contributed by atoms with van der Waals surface area (Å²) in [5, 5.41) is 0. The molecule has 4 heteroatoms. The van der Waals surface area contributed by atoms with E-state index < -0.39 is 0 Å². The van der Waals surface area contributed by atoms with Crippen LogP contribution < -0.4 is 4.74 Å². The smallest absolute Gasteiger partial charge is 0.179 e. The van der Waals surface area contributed by atoms with E-state index in [2.05, 4.69) is 0 Å². The largest absolute Gasteiger partial charge is 0.491 e. The van der Waals surface area contributed by atoms with E-state index in [0.29, 0.717) is 28.5 Å². The summed E-state index contributed by atoms with van der Waals surface area (Å²) < 4.78 is 5.21. The maximum atomic E-state index is 11.2. The van der Waals surface area contributed by atoms with E-state index in [1.54, 1.807) is 6.07 Å². The Bertz CT molecular complexity index is 340. The predicted octanol–water partition coefficient (Wildman–Crippen LogP) is 1.53. The highest BCUT2D eigenvalue weighted by Crippen LogP contribution is 2.32. The van der Waals surface area contributed by atoms with Crippen molar-refractivity contribution in [2.24, 2.45) is 0 Å². The second kappa shape index (κ2) is 2.71. The Balaban J connectivity index is 2.50. The quantitative estimate of drug-likeness (QED) is 0.618. The minimum absolute atomic E-state index is 0.0781. The Morgan fingerprint density at radius 1 is 1.58 bits per heavy atom. The van der Waals surface area contributed by atoms with Crippen molar-refractivity contribution in [3.63, 3.8) is 0 Å². The van der Waals surface area contributed by atoms with Crippen LogP contribution in [0.15, 0.2) is 6.07 Å². The van der Waals surface area contributed by atoms with E-state index in [1.807, 2.05) is 0 Å². The summed E-state index contributed by atoms with van der Waals surface area (Å²) in [6.45, 7) is 0.431. The zero-order chi connectivity index (χ0) is 8.55. The number of carbonyl (C=O) groups excluding carboxylic acids is 2. The third-order valence-electron chi connectivity index (χ3n) is 1.67. The summed E-state index contributed by atoms with van der Waals surface area (Å²) in [6.07, 6.45) is 1.16. The molecule has 0 saturated heterocycles. The predicted molar refractivity (Wildman–Crippen MR) is 44.1 cm³/mol. The monoisotopic (exact) mass is 182 g/mol. The molecule has 2 rings (SSSR count). The van der Waals surface area contributed by atoms with Gasteiger partial charge in [-0.05, 0) is 0 Å². The van der Waals surface area contributed by atoms with Crippen LogP contribution in [0, 0.1) is 0 Å². The van der Waals surface area contributed by atoms with Crippen LogP contribution in [0.2, 0.25) is 0 Å². The fourth-order valence-corrected chi connectivity index (χ4v) is 2.00. The molecule has 0 aliphatic carbocycles. The van der Waals surface area contributed by atoms with Crippen molar-refractivity contribution in [2.45, 2.75) is 6.42 Å². The van der Waals surface area contributed by atoms with Crippen LogP contribution in [0.25, 0.3) is 0 Å². The lowest BCUT2D eigenvalue weighted by atomic mass is 10.2. The zero-order valence-corrected chi connectivity index (χ0v) is 7.02. The molecule has 1 aliphatic rings. The molecule has 0 unspecified atom stereocenters. The standard InChI is InChI=1S/C8H6O3S/c9-4-5-3-7-8(12-5)6(10)1-2-11-7/h3-4H,1-2H2. The molecular formula is C8H6O3S. The van der Waals surface area contributed by atoms with Gasteiger partial charge in [0.05, 0.1) is 11.5 Å². The van der Waals surface area contributed by atoms with Crippen LogP contribution in [0.4, 0.5) is 0 Å². The Labute approximate surface area is 73.0 Å². The topological polar surface area (TPSA) is 43.4 Å². The third kappa shape index (κ3) is 1.04. The second-order valence-corrected chi connectivity index (χ2v) is 3.57. The summed E-state index contributed by atoms with van der Waals surface area (Å²) in [5.41, 5.74) is 0. The third-order valence-corrected chi connectivity index (χ3v) is 2.76. The van der Waals surface area contributed by atoms with Crippen LogP contribution in [-0.2, 0) is 0 Å². The van der Waals surface area contributed by atoms with Gasteiger partial charge in [-0.1, -0.05) is 0 Å². The van der Waals surface area contributed by atoms with E-state index >= 15 is 0 Å². The van der Waals surface area contributed by atoms with Crippen LogP contribution in [0.1, 0.15) is 25.8 Å². The molecule has 0 radical (unpaired) electrons. The summed E-state index contributed by atoms with van der Waals surface area (Å²) in [7, 11) is 0. The highest BCUT2D eigenvalue weighted by atomic mass is 32.1. The number of ketones is 1. The summed E-state index contributed by atoms with van der Waals surface area (Å²) in [6, 6.07) is 1.62. The molecule has 0 bridgehead atoms. The minimum Gasteiger partial charge on any atom is -0.491 e. The minimum atomic E-state index is 0.0781. The van der Waals surface area contributed by atoms with E-state index in [4.69, 9.17) is 4.74 Å². The normalized spacial score (nSPS) is 15.2. The number of hydrogen-bond donors (Lipinski definition) is 0. The fraction of sp³-hybridized carbons (Fsp3) is 0.250. The summed E-state index contributed by atoms with van der Waals surface area (Å²) in [4.78, 5) is 22.7. The average molecular weight is 182 g/mol. The first-order valence-corrected chi connectivity index (χ1v) is 4.38. The van der Waals surface area contributed by atoms with Gasteiger partial charge in [0.1, 0.15) is 10.6 Å². The lowest BCUT2D eigenvalue weighted by molar-refractivity contribution is 0.0939. The van der Waals surface area contributed by atoms with Crippen molar-refractivity contribution in [2.75, 3.05) is 6.61 Å². The molecule has 3 nitrogen and oxygen atoms in total. The molecule has 0 amide bonds. The van der Waals surface area contributed by atoms with Crippen LogP contribution in [0.3, 0.4) is 0 Å². The number of thiophene rings is 1. The van der Waals surface area contributed by atoms with E-state index in [9.17, 15) is 9.59 Å². The molecule has 1 aromatic rings.